The highest BCUT2D eigenvalue weighted by atomic mass is 16.5. The Hall–Kier alpha value is -3.34. The molecule has 0 saturated carbocycles. The number of hydrogen-bond acceptors (Lipinski definition) is 4. The molecule has 0 atom stereocenters. The van der Waals surface area contributed by atoms with Gasteiger partial charge in [-0.2, -0.15) is 5.10 Å². The van der Waals surface area contributed by atoms with Crippen LogP contribution in [0.4, 0.5) is 0 Å². The lowest BCUT2D eigenvalue weighted by Gasteiger charge is -2.33. The first-order valence-corrected chi connectivity index (χ1v) is 11.8. The molecule has 0 unspecified atom stereocenters. The molecule has 5 nitrogen and oxygen atoms in total. The minimum absolute atomic E-state index is 0.0603. The van der Waals surface area contributed by atoms with Crippen molar-refractivity contribution in [3.8, 4) is 11.5 Å². The fourth-order valence-electron chi connectivity index (χ4n) is 4.47. The molecule has 0 aliphatic heterocycles. The second-order valence-corrected chi connectivity index (χ2v) is 10.4. The first-order chi connectivity index (χ1) is 16.1. The molecule has 0 bridgehead atoms. The first kappa shape index (κ1) is 25.3. The lowest BCUT2D eigenvalue weighted by molar-refractivity contribution is -0.123. The van der Waals surface area contributed by atoms with Crippen LogP contribution in [-0.2, 0) is 10.2 Å². The van der Waals surface area contributed by atoms with E-state index in [1.807, 2.05) is 55.5 Å². The fraction of sp³-hybridized carbons (Fsp3) is 0.379. The van der Waals surface area contributed by atoms with E-state index in [0.717, 1.165) is 28.5 Å². The quantitative estimate of drug-likeness (QED) is 0.294. The Morgan fingerprint density at radius 1 is 0.941 bits per heavy atom. The maximum atomic E-state index is 12.3. The number of benzene rings is 3. The van der Waals surface area contributed by atoms with Gasteiger partial charge in [0.1, 0.15) is 11.5 Å². The zero-order valence-electron chi connectivity index (χ0n) is 21.1. The summed E-state index contributed by atoms with van der Waals surface area (Å²) in [5, 5.41) is 6.23. The second kappa shape index (κ2) is 10.7. The summed E-state index contributed by atoms with van der Waals surface area (Å²) < 4.78 is 11.4. The molecule has 0 saturated heterocycles. The van der Waals surface area contributed by atoms with Crippen LogP contribution >= 0.6 is 0 Å². The third-order valence-corrected chi connectivity index (χ3v) is 5.59. The fourth-order valence-corrected chi connectivity index (χ4v) is 4.47. The van der Waals surface area contributed by atoms with Crippen molar-refractivity contribution in [1.29, 1.82) is 0 Å². The monoisotopic (exact) mass is 460 g/mol. The van der Waals surface area contributed by atoms with Crippen molar-refractivity contribution in [3.05, 3.63) is 71.8 Å². The highest BCUT2D eigenvalue weighted by Crippen LogP contribution is 2.36. The van der Waals surface area contributed by atoms with Crippen LogP contribution < -0.4 is 14.9 Å². The van der Waals surface area contributed by atoms with Crippen LogP contribution in [0.3, 0.4) is 0 Å². The van der Waals surface area contributed by atoms with E-state index in [0.29, 0.717) is 12.4 Å². The van der Waals surface area contributed by atoms with Crippen LogP contribution in [0.2, 0.25) is 0 Å². The molecule has 0 aliphatic carbocycles. The van der Waals surface area contributed by atoms with Gasteiger partial charge in [-0.1, -0.05) is 77.1 Å². The highest BCUT2D eigenvalue weighted by molar-refractivity contribution is 6.02. The van der Waals surface area contributed by atoms with Gasteiger partial charge in [-0.25, -0.2) is 5.43 Å². The number of ether oxygens (including phenoxy) is 2. The summed E-state index contributed by atoms with van der Waals surface area (Å²) in [6.45, 7) is 13.6. The predicted octanol–water partition coefficient (Wildman–Crippen LogP) is 6.48. The van der Waals surface area contributed by atoms with Crippen molar-refractivity contribution >= 4 is 22.9 Å². The molecular formula is C29H36N2O3. The number of rotatable bonds is 9. The van der Waals surface area contributed by atoms with Gasteiger partial charge < -0.3 is 9.47 Å². The van der Waals surface area contributed by atoms with E-state index < -0.39 is 0 Å². The van der Waals surface area contributed by atoms with Crippen molar-refractivity contribution in [2.24, 2.45) is 10.5 Å². The van der Waals surface area contributed by atoms with Gasteiger partial charge in [0, 0.05) is 5.56 Å². The molecule has 180 valence electrons. The Morgan fingerprint density at radius 2 is 1.65 bits per heavy atom. The smallest absolute Gasteiger partial charge is 0.277 e. The second-order valence-electron chi connectivity index (χ2n) is 10.4. The van der Waals surface area contributed by atoms with Gasteiger partial charge in [0.15, 0.2) is 6.61 Å². The normalized spacial score (nSPS) is 12.2. The van der Waals surface area contributed by atoms with E-state index in [1.165, 1.54) is 5.56 Å². The van der Waals surface area contributed by atoms with E-state index in [1.54, 1.807) is 6.21 Å². The molecule has 3 aromatic rings. The molecule has 1 amide bonds. The number of amides is 1. The molecule has 0 heterocycles. The number of hydrogen-bond donors (Lipinski definition) is 1. The zero-order chi connectivity index (χ0) is 24.8. The molecular weight excluding hydrogens is 424 g/mol. The van der Waals surface area contributed by atoms with E-state index in [2.05, 4.69) is 57.3 Å². The van der Waals surface area contributed by atoms with Crippen molar-refractivity contribution in [3.63, 3.8) is 0 Å². The zero-order valence-corrected chi connectivity index (χ0v) is 21.1. The van der Waals surface area contributed by atoms with Gasteiger partial charge in [0.25, 0.3) is 5.91 Å². The summed E-state index contributed by atoms with van der Waals surface area (Å²) in [5.74, 6) is 1.05. The number of hydrazone groups is 1. The largest absolute Gasteiger partial charge is 0.493 e. The Kier molecular flexibility index (Phi) is 7.98. The Bertz CT molecular complexity index is 1140. The molecule has 0 aliphatic rings. The number of carbonyl (C=O) groups is 1. The number of nitrogens with one attached hydrogen (secondary N) is 1. The van der Waals surface area contributed by atoms with Gasteiger partial charge in [-0.15, -0.1) is 0 Å². The molecule has 0 radical (unpaired) electrons. The van der Waals surface area contributed by atoms with Gasteiger partial charge in [0.2, 0.25) is 0 Å². The average molecular weight is 461 g/mol. The summed E-state index contributed by atoms with van der Waals surface area (Å²) in [6.07, 6.45) is 2.69. The molecule has 0 spiro atoms. The van der Waals surface area contributed by atoms with Gasteiger partial charge in [-0.05, 0) is 58.7 Å². The Balaban J connectivity index is 1.60. The van der Waals surface area contributed by atoms with Crippen LogP contribution in [0.25, 0.3) is 10.8 Å². The molecule has 5 heteroatoms. The summed E-state index contributed by atoms with van der Waals surface area (Å²) in [4.78, 5) is 12.3. The maximum Gasteiger partial charge on any atom is 0.277 e. The van der Waals surface area contributed by atoms with Gasteiger partial charge in [-0.3, -0.25) is 4.79 Å². The number of carbonyl (C=O) groups excluding carboxylic acids is 1. The van der Waals surface area contributed by atoms with E-state index in [9.17, 15) is 4.79 Å². The Labute approximate surface area is 203 Å². The third-order valence-electron chi connectivity index (χ3n) is 5.59. The van der Waals surface area contributed by atoms with Gasteiger partial charge in [0.05, 0.1) is 12.8 Å². The van der Waals surface area contributed by atoms with Crippen molar-refractivity contribution in [2.45, 2.75) is 53.4 Å². The van der Waals surface area contributed by atoms with E-state index in [-0.39, 0.29) is 23.3 Å². The summed E-state index contributed by atoms with van der Waals surface area (Å²) in [5.41, 5.74) is 4.93. The SMILES string of the molecule is CCOc1ccc2ccccc2c1/C=N/NC(=O)COc1ccc(C(C)(C)CC(C)(C)C)cc1. The maximum absolute atomic E-state index is 12.3. The minimum atomic E-state index is -0.327. The number of nitrogens with zero attached hydrogens (tertiary/aromatic N) is 1. The Morgan fingerprint density at radius 3 is 2.32 bits per heavy atom. The van der Waals surface area contributed by atoms with Crippen LogP contribution in [-0.4, -0.2) is 25.3 Å². The van der Waals surface area contributed by atoms with Crippen molar-refractivity contribution in [2.75, 3.05) is 13.2 Å². The standard InChI is InChI=1S/C29H36N2O3/c1-7-33-26-17-12-21-10-8-9-11-24(21)25(26)18-30-31-27(32)19-34-23-15-13-22(14-16-23)29(5,6)20-28(2,3)4/h8-18H,7,19-20H2,1-6H3,(H,31,32)/b30-18+. The van der Waals surface area contributed by atoms with Crippen LogP contribution in [0.5, 0.6) is 11.5 Å². The summed E-state index contributed by atoms with van der Waals surface area (Å²) >= 11 is 0. The molecule has 3 aromatic carbocycles. The third kappa shape index (κ3) is 6.83. The molecule has 1 N–H and O–H groups in total. The van der Waals surface area contributed by atoms with Crippen LogP contribution in [0.1, 0.15) is 59.1 Å². The predicted molar refractivity (Wildman–Crippen MR) is 140 cm³/mol. The van der Waals surface area contributed by atoms with Gasteiger partial charge >= 0.3 is 0 Å². The van der Waals surface area contributed by atoms with Crippen molar-refractivity contribution < 1.29 is 14.3 Å². The van der Waals surface area contributed by atoms with E-state index >= 15 is 0 Å². The average Bonchev–Trinajstić information content (AvgIpc) is 2.78. The van der Waals surface area contributed by atoms with E-state index in [4.69, 9.17) is 9.47 Å². The molecule has 3 rings (SSSR count). The lowest BCUT2D eigenvalue weighted by atomic mass is 9.72. The summed E-state index contributed by atoms with van der Waals surface area (Å²) in [6, 6.07) is 19.9. The molecule has 0 aromatic heterocycles. The minimum Gasteiger partial charge on any atom is -0.493 e. The summed E-state index contributed by atoms with van der Waals surface area (Å²) in [7, 11) is 0. The molecule has 0 fully saturated rings. The highest BCUT2D eigenvalue weighted by Gasteiger charge is 2.27. The first-order valence-electron chi connectivity index (χ1n) is 11.8. The molecule has 34 heavy (non-hydrogen) atoms. The number of fused-ring (bicyclic) bond motifs is 1. The van der Waals surface area contributed by atoms with Crippen LogP contribution in [0.15, 0.2) is 65.8 Å². The lowest BCUT2D eigenvalue weighted by Crippen LogP contribution is -2.25. The topological polar surface area (TPSA) is 59.9 Å². The van der Waals surface area contributed by atoms with Crippen molar-refractivity contribution in [1.82, 2.24) is 5.43 Å². The van der Waals surface area contributed by atoms with Crippen LogP contribution in [0, 0.1) is 5.41 Å².